The molecular weight excluding hydrogens is 276 g/mol. The van der Waals surface area contributed by atoms with Gasteiger partial charge in [0.25, 0.3) is 11.4 Å². The van der Waals surface area contributed by atoms with Crippen LogP contribution in [-0.4, -0.2) is 48.0 Å². The standard InChI is InChI=1S/C13H18N4O4/c1-14(2)11-4-3-7-15(9-11)12-6-5-10(16(18)19)8-13(12)17(20)21/h5-6,8,11H,3-4,7,9H2,1-2H3. The van der Waals surface area contributed by atoms with Gasteiger partial charge in [-0.25, -0.2) is 0 Å². The third kappa shape index (κ3) is 3.27. The number of nitro benzene ring substituents is 2. The summed E-state index contributed by atoms with van der Waals surface area (Å²) < 4.78 is 0. The maximum atomic E-state index is 11.2. The van der Waals surface area contributed by atoms with Crippen molar-refractivity contribution in [2.24, 2.45) is 0 Å². The van der Waals surface area contributed by atoms with Crippen molar-refractivity contribution in [3.63, 3.8) is 0 Å². The van der Waals surface area contributed by atoms with Crippen LogP contribution >= 0.6 is 0 Å². The SMILES string of the molecule is CN(C)C1CCCN(c2ccc([N+](=O)[O-])cc2[N+](=O)[O-])C1. The van der Waals surface area contributed by atoms with Crippen LogP contribution in [-0.2, 0) is 0 Å². The van der Waals surface area contributed by atoms with Crippen LogP contribution in [0.25, 0.3) is 0 Å². The lowest BCUT2D eigenvalue weighted by molar-refractivity contribution is -0.393. The zero-order valence-electron chi connectivity index (χ0n) is 12.1. The van der Waals surface area contributed by atoms with Gasteiger partial charge in [0, 0.05) is 25.2 Å². The van der Waals surface area contributed by atoms with Crippen molar-refractivity contribution in [2.45, 2.75) is 18.9 Å². The van der Waals surface area contributed by atoms with E-state index in [1.165, 1.54) is 12.1 Å². The predicted molar refractivity (Wildman–Crippen MR) is 78.7 cm³/mol. The monoisotopic (exact) mass is 294 g/mol. The number of rotatable bonds is 4. The van der Waals surface area contributed by atoms with Crippen LogP contribution in [0.2, 0.25) is 0 Å². The molecule has 0 amide bonds. The van der Waals surface area contributed by atoms with Crippen LogP contribution in [0.15, 0.2) is 18.2 Å². The summed E-state index contributed by atoms with van der Waals surface area (Å²) in [5.41, 5.74) is -0.00706. The van der Waals surface area contributed by atoms with Crippen molar-refractivity contribution >= 4 is 17.1 Å². The Kier molecular flexibility index (Phi) is 4.37. The highest BCUT2D eigenvalue weighted by Gasteiger charge is 2.28. The van der Waals surface area contributed by atoms with Crippen molar-refractivity contribution in [2.75, 3.05) is 32.1 Å². The van der Waals surface area contributed by atoms with Gasteiger partial charge in [-0.05, 0) is 33.0 Å². The summed E-state index contributed by atoms with van der Waals surface area (Å²) in [5, 5.41) is 22.0. The van der Waals surface area contributed by atoms with Crippen molar-refractivity contribution in [1.29, 1.82) is 0 Å². The number of anilines is 1. The quantitative estimate of drug-likeness (QED) is 0.623. The largest absolute Gasteiger partial charge is 0.364 e. The topological polar surface area (TPSA) is 92.8 Å². The summed E-state index contributed by atoms with van der Waals surface area (Å²) in [7, 11) is 3.97. The van der Waals surface area contributed by atoms with Gasteiger partial charge in [0.15, 0.2) is 0 Å². The molecule has 2 rings (SSSR count). The zero-order valence-corrected chi connectivity index (χ0v) is 12.1. The van der Waals surface area contributed by atoms with Crippen molar-refractivity contribution in [3.8, 4) is 0 Å². The minimum atomic E-state index is -0.615. The average molecular weight is 294 g/mol. The number of benzene rings is 1. The summed E-state index contributed by atoms with van der Waals surface area (Å²) in [6.45, 7) is 1.41. The molecule has 1 aliphatic heterocycles. The number of hydrogen-bond donors (Lipinski definition) is 0. The average Bonchev–Trinajstić information content (AvgIpc) is 2.46. The van der Waals surface area contributed by atoms with Crippen molar-refractivity contribution in [3.05, 3.63) is 38.4 Å². The molecule has 1 fully saturated rings. The Labute approximate surface area is 122 Å². The second kappa shape index (κ2) is 6.04. The first-order valence-electron chi connectivity index (χ1n) is 6.74. The number of non-ortho nitro benzene ring substituents is 1. The maximum absolute atomic E-state index is 11.2. The molecule has 1 aromatic rings. The zero-order chi connectivity index (χ0) is 15.6. The summed E-state index contributed by atoms with van der Waals surface area (Å²) in [6.07, 6.45) is 1.99. The van der Waals surface area contributed by atoms with Gasteiger partial charge < -0.3 is 9.80 Å². The van der Waals surface area contributed by atoms with Crippen LogP contribution < -0.4 is 4.90 Å². The van der Waals surface area contributed by atoms with E-state index in [2.05, 4.69) is 4.90 Å². The van der Waals surface area contributed by atoms with E-state index in [0.717, 1.165) is 25.5 Å². The number of likely N-dealkylation sites (N-methyl/N-ethyl adjacent to an activating group) is 1. The van der Waals surface area contributed by atoms with Gasteiger partial charge in [0.1, 0.15) is 5.69 Å². The van der Waals surface area contributed by atoms with Gasteiger partial charge in [-0.2, -0.15) is 0 Å². The summed E-state index contributed by atoms with van der Waals surface area (Å²) in [6, 6.07) is 4.17. The molecule has 0 saturated carbocycles. The molecule has 1 aromatic carbocycles. The lowest BCUT2D eigenvalue weighted by Crippen LogP contribution is -2.45. The van der Waals surface area contributed by atoms with E-state index in [4.69, 9.17) is 0 Å². The summed E-state index contributed by atoms with van der Waals surface area (Å²) in [5.74, 6) is 0. The van der Waals surface area contributed by atoms with E-state index in [0.29, 0.717) is 18.3 Å². The fraction of sp³-hybridized carbons (Fsp3) is 0.538. The molecule has 0 spiro atoms. The van der Waals surface area contributed by atoms with E-state index in [1.807, 2.05) is 19.0 Å². The minimum Gasteiger partial charge on any atom is -0.364 e. The Bertz CT molecular complexity index is 561. The van der Waals surface area contributed by atoms with Crippen molar-refractivity contribution < 1.29 is 9.85 Å². The summed E-state index contributed by atoms with van der Waals surface area (Å²) >= 11 is 0. The van der Waals surface area contributed by atoms with Gasteiger partial charge in [-0.15, -0.1) is 0 Å². The molecule has 0 N–H and O–H groups in total. The molecule has 1 atom stereocenters. The molecule has 0 radical (unpaired) electrons. The van der Waals surface area contributed by atoms with Gasteiger partial charge in [-0.3, -0.25) is 20.2 Å². The fourth-order valence-electron chi connectivity index (χ4n) is 2.63. The molecule has 8 heteroatoms. The van der Waals surface area contributed by atoms with Crippen LogP contribution in [0.1, 0.15) is 12.8 Å². The minimum absolute atomic E-state index is 0.205. The van der Waals surface area contributed by atoms with Crippen LogP contribution in [0, 0.1) is 20.2 Å². The lowest BCUT2D eigenvalue weighted by Gasteiger charge is -2.37. The molecular formula is C13H18N4O4. The molecule has 0 bridgehead atoms. The van der Waals surface area contributed by atoms with Gasteiger partial charge in [0.2, 0.25) is 0 Å². The molecule has 1 unspecified atom stereocenters. The van der Waals surface area contributed by atoms with E-state index < -0.39 is 9.85 Å². The first-order valence-corrected chi connectivity index (χ1v) is 6.74. The molecule has 1 aliphatic rings. The van der Waals surface area contributed by atoms with Gasteiger partial charge in [0.05, 0.1) is 15.9 Å². The molecule has 8 nitrogen and oxygen atoms in total. The van der Waals surface area contributed by atoms with Gasteiger partial charge in [-0.1, -0.05) is 0 Å². The smallest absolute Gasteiger partial charge is 0.299 e. The molecule has 21 heavy (non-hydrogen) atoms. The third-order valence-corrected chi connectivity index (χ3v) is 3.83. The van der Waals surface area contributed by atoms with Crippen LogP contribution in [0.3, 0.4) is 0 Å². The third-order valence-electron chi connectivity index (χ3n) is 3.83. The number of nitrogens with zero attached hydrogens (tertiary/aromatic N) is 4. The Balaban J connectivity index is 2.34. The second-order valence-electron chi connectivity index (χ2n) is 5.39. The van der Waals surface area contributed by atoms with E-state index in [9.17, 15) is 20.2 Å². The normalized spacial score (nSPS) is 18.8. The molecule has 0 aromatic heterocycles. The van der Waals surface area contributed by atoms with Crippen molar-refractivity contribution in [1.82, 2.24) is 4.90 Å². The van der Waals surface area contributed by atoms with Crippen LogP contribution in [0.5, 0.6) is 0 Å². The highest BCUT2D eigenvalue weighted by molar-refractivity contribution is 5.67. The van der Waals surface area contributed by atoms with E-state index in [1.54, 1.807) is 0 Å². The van der Waals surface area contributed by atoms with E-state index >= 15 is 0 Å². The predicted octanol–water partition coefficient (Wildman–Crippen LogP) is 2.03. The Morgan fingerprint density at radius 1 is 1.24 bits per heavy atom. The molecule has 0 aliphatic carbocycles. The number of piperidine rings is 1. The Hall–Kier alpha value is -2.22. The Morgan fingerprint density at radius 3 is 2.52 bits per heavy atom. The van der Waals surface area contributed by atoms with Gasteiger partial charge >= 0.3 is 0 Å². The first-order chi connectivity index (χ1) is 9.90. The number of nitro groups is 2. The van der Waals surface area contributed by atoms with E-state index in [-0.39, 0.29) is 11.4 Å². The summed E-state index contributed by atoms with van der Waals surface area (Å²) in [4.78, 5) is 24.8. The number of hydrogen-bond acceptors (Lipinski definition) is 6. The molecule has 1 heterocycles. The maximum Gasteiger partial charge on any atom is 0.299 e. The molecule has 1 saturated heterocycles. The highest BCUT2D eigenvalue weighted by Crippen LogP contribution is 2.33. The first kappa shape index (κ1) is 15.2. The molecule has 114 valence electrons. The van der Waals surface area contributed by atoms with Crippen LogP contribution in [0.4, 0.5) is 17.1 Å². The highest BCUT2D eigenvalue weighted by atomic mass is 16.6. The Morgan fingerprint density at radius 2 is 1.95 bits per heavy atom. The second-order valence-corrected chi connectivity index (χ2v) is 5.39. The lowest BCUT2D eigenvalue weighted by atomic mass is 10.0. The fourth-order valence-corrected chi connectivity index (χ4v) is 2.63.